The Morgan fingerprint density at radius 3 is 1.67 bits per heavy atom. The predicted octanol–water partition coefficient (Wildman–Crippen LogP) is 1.13. The van der Waals surface area contributed by atoms with Gasteiger partial charge in [-0.1, -0.05) is 24.3 Å². The van der Waals surface area contributed by atoms with Crippen molar-refractivity contribution in [3.8, 4) is 0 Å². The maximum absolute atomic E-state index is 3.16. The second-order valence-corrected chi connectivity index (χ2v) is 2.83. The van der Waals surface area contributed by atoms with Crippen LogP contribution in [0.4, 0.5) is 0 Å². The van der Waals surface area contributed by atoms with Gasteiger partial charge in [0.2, 0.25) is 0 Å². The molecule has 0 aliphatic heterocycles. The van der Waals surface area contributed by atoms with Gasteiger partial charge in [-0.3, -0.25) is 0 Å². The lowest BCUT2D eigenvalue weighted by molar-refractivity contribution is 0.767. The molecule has 2 nitrogen and oxygen atoms in total. The lowest BCUT2D eigenvalue weighted by atomic mass is 10.1. The Labute approximate surface area is 74.0 Å². The molecule has 0 aliphatic rings. The lowest BCUT2D eigenvalue weighted by Crippen LogP contribution is -2.12. The highest BCUT2D eigenvalue weighted by Gasteiger charge is 1.97. The molecule has 0 radical (unpaired) electrons. The van der Waals surface area contributed by atoms with E-state index >= 15 is 0 Å². The number of hydrogen-bond donors (Lipinski definition) is 2. The average molecular weight is 164 g/mol. The highest BCUT2D eigenvalue weighted by atomic mass is 14.8. The Bertz CT molecular complexity index is 208. The first-order valence-electron chi connectivity index (χ1n) is 4.24. The summed E-state index contributed by atoms with van der Waals surface area (Å²) in [7, 11) is 3.94. The smallest absolute Gasteiger partial charge is 0.0205 e. The summed E-state index contributed by atoms with van der Waals surface area (Å²) < 4.78 is 0. The summed E-state index contributed by atoms with van der Waals surface area (Å²) in [6, 6.07) is 8.46. The maximum Gasteiger partial charge on any atom is 0.0205 e. The van der Waals surface area contributed by atoms with Gasteiger partial charge in [0, 0.05) is 13.1 Å². The van der Waals surface area contributed by atoms with Gasteiger partial charge in [0.15, 0.2) is 0 Å². The monoisotopic (exact) mass is 164 g/mol. The summed E-state index contributed by atoms with van der Waals surface area (Å²) in [4.78, 5) is 0. The second kappa shape index (κ2) is 4.91. The van der Waals surface area contributed by atoms with Crippen molar-refractivity contribution in [1.29, 1.82) is 0 Å². The number of rotatable bonds is 4. The van der Waals surface area contributed by atoms with Gasteiger partial charge in [-0.25, -0.2) is 0 Å². The van der Waals surface area contributed by atoms with Gasteiger partial charge >= 0.3 is 0 Å². The molecule has 1 aromatic carbocycles. The molecule has 0 spiro atoms. The zero-order valence-corrected chi connectivity index (χ0v) is 7.72. The fourth-order valence-electron chi connectivity index (χ4n) is 1.28. The third kappa shape index (κ3) is 2.32. The molecule has 0 saturated carbocycles. The van der Waals surface area contributed by atoms with Crippen LogP contribution in [0.1, 0.15) is 11.1 Å². The van der Waals surface area contributed by atoms with Crippen molar-refractivity contribution in [3.05, 3.63) is 35.4 Å². The van der Waals surface area contributed by atoms with Gasteiger partial charge in [0.1, 0.15) is 0 Å². The molecule has 0 fully saturated rings. The highest BCUT2D eigenvalue weighted by Crippen LogP contribution is 2.07. The van der Waals surface area contributed by atoms with Gasteiger partial charge in [0.05, 0.1) is 0 Å². The van der Waals surface area contributed by atoms with E-state index in [1.807, 2.05) is 14.1 Å². The summed E-state index contributed by atoms with van der Waals surface area (Å²) in [5.41, 5.74) is 2.74. The van der Waals surface area contributed by atoms with Crippen LogP contribution >= 0.6 is 0 Å². The van der Waals surface area contributed by atoms with Gasteiger partial charge in [-0.2, -0.15) is 0 Å². The van der Waals surface area contributed by atoms with Crippen LogP contribution in [0.2, 0.25) is 0 Å². The summed E-state index contributed by atoms with van der Waals surface area (Å²) in [6.45, 7) is 1.88. The fourth-order valence-corrected chi connectivity index (χ4v) is 1.28. The van der Waals surface area contributed by atoms with Crippen molar-refractivity contribution in [1.82, 2.24) is 10.6 Å². The maximum atomic E-state index is 3.16. The van der Waals surface area contributed by atoms with Gasteiger partial charge in [-0.15, -0.1) is 0 Å². The van der Waals surface area contributed by atoms with Crippen molar-refractivity contribution < 1.29 is 0 Å². The van der Waals surface area contributed by atoms with E-state index in [-0.39, 0.29) is 0 Å². The van der Waals surface area contributed by atoms with E-state index in [1.165, 1.54) is 11.1 Å². The van der Waals surface area contributed by atoms with Crippen molar-refractivity contribution in [3.63, 3.8) is 0 Å². The molecule has 0 atom stereocenters. The standard InChI is InChI=1S/C10H16N2/c1-11-7-9-5-3-4-6-10(9)8-12-2/h3-6,11-12H,7-8H2,1-2H3. The molecule has 0 bridgehead atoms. The second-order valence-electron chi connectivity index (χ2n) is 2.83. The molecule has 2 heteroatoms. The number of nitrogens with one attached hydrogen (secondary N) is 2. The Morgan fingerprint density at radius 1 is 0.917 bits per heavy atom. The molecule has 2 N–H and O–H groups in total. The first kappa shape index (κ1) is 9.23. The largest absolute Gasteiger partial charge is 0.316 e. The van der Waals surface area contributed by atoms with Crippen LogP contribution in [-0.2, 0) is 13.1 Å². The van der Waals surface area contributed by atoms with Crippen LogP contribution in [0.15, 0.2) is 24.3 Å². The van der Waals surface area contributed by atoms with Gasteiger partial charge in [0.25, 0.3) is 0 Å². The van der Waals surface area contributed by atoms with Crippen molar-refractivity contribution in [2.24, 2.45) is 0 Å². The fraction of sp³-hybridized carbons (Fsp3) is 0.400. The highest BCUT2D eigenvalue weighted by molar-refractivity contribution is 5.26. The van der Waals surface area contributed by atoms with Gasteiger partial charge in [-0.05, 0) is 25.2 Å². The van der Waals surface area contributed by atoms with Gasteiger partial charge < -0.3 is 10.6 Å². The molecule has 0 unspecified atom stereocenters. The summed E-state index contributed by atoms with van der Waals surface area (Å²) in [6.07, 6.45) is 0. The molecule has 0 aliphatic carbocycles. The summed E-state index contributed by atoms with van der Waals surface area (Å²) >= 11 is 0. The molecule has 0 amide bonds. The van der Waals surface area contributed by atoms with E-state index in [1.54, 1.807) is 0 Å². The van der Waals surface area contributed by atoms with Crippen molar-refractivity contribution in [2.45, 2.75) is 13.1 Å². The zero-order chi connectivity index (χ0) is 8.81. The molecule has 12 heavy (non-hydrogen) atoms. The van der Waals surface area contributed by atoms with Crippen LogP contribution in [0, 0.1) is 0 Å². The molecular formula is C10H16N2. The molecule has 0 aromatic heterocycles. The van der Waals surface area contributed by atoms with Crippen LogP contribution in [0.5, 0.6) is 0 Å². The quantitative estimate of drug-likeness (QED) is 0.697. The molecule has 0 heterocycles. The minimum absolute atomic E-state index is 0.942. The molecular weight excluding hydrogens is 148 g/mol. The topological polar surface area (TPSA) is 24.1 Å². The summed E-state index contributed by atoms with van der Waals surface area (Å²) in [5, 5.41) is 6.31. The van der Waals surface area contributed by atoms with Crippen molar-refractivity contribution >= 4 is 0 Å². The van der Waals surface area contributed by atoms with E-state index < -0.39 is 0 Å². The van der Waals surface area contributed by atoms with Crippen LogP contribution in [-0.4, -0.2) is 14.1 Å². The zero-order valence-electron chi connectivity index (χ0n) is 7.72. The minimum Gasteiger partial charge on any atom is -0.316 e. The summed E-state index contributed by atoms with van der Waals surface area (Å²) in [5.74, 6) is 0. The Kier molecular flexibility index (Phi) is 3.77. The Balaban J connectivity index is 2.77. The van der Waals surface area contributed by atoms with Crippen LogP contribution in [0.3, 0.4) is 0 Å². The molecule has 1 aromatic rings. The van der Waals surface area contributed by atoms with E-state index in [2.05, 4.69) is 34.9 Å². The van der Waals surface area contributed by atoms with E-state index in [9.17, 15) is 0 Å². The minimum atomic E-state index is 0.942. The molecule has 1 rings (SSSR count). The predicted molar refractivity (Wildman–Crippen MR) is 52.0 cm³/mol. The van der Waals surface area contributed by atoms with E-state index in [4.69, 9.17) is 0 Å². The lowest BCUT2D eigenvalue weighted by Gasteiger charge is -2.07. The van der Waals surface area contributed by atoms with Crippen LogP contribution < -0.4 is 10.6 Å². The number of hydrogen-bond acceptors (Lipinski definition) is 2. The Morgan fingerprint density at radius 2 is 1.33 bits per heavy atom. The molecule has 0 saturated heterocycles. The SMILES string of the molecule is CNCc1ccccc1CNC. The van der Waals surface area contributed by atoms with Crippen LogP contribution in [0.25, 0.3) is 0 Å². The first-order valence-corrected chi connectivity index (χ1v) is 4.24. The average Bonchev–Trinajstić information content (AvgIpc) is 2.09. The third-order valence-electron chi connectivity index (χ3n) is 1.85. The van der Waals surface area contributed by atoms with Crippen molar-refractivity contribution in [2.75, 3.05) is 14.1 Å². The Hall–Kier alpha value is -0.860. The van der Waals surface area contributed by atoms with E-state index in [0.717, 1.165) is 13.1 Å². The normalized spacial score (nSPS) is 10.2. The molecule has 66 valence electrons. The van der Waals surface area contributed by atoms with E-state index in [0.29, 0.717) is 0 Å². The first-order chi connectivity index (χ1) is 5.88. The third-order valence-corrected chi connectivity index (χ3v) is 1.85. The number of benzene rings is 1.